The van der Waals surface area contributed by atoms with Gasteiger partial charge in [0.25, 0.3) is 0 Å². The molecule has 1 saturated carbocycles. The first-order valence-corrected chi connectivity index (χ1v) is 8.93. The van der Waals surface area contributed by atoms with Gasteiger partial charge >= 0.3 is 0 Å². The second kappa shape index (κ2) is 5.95. The summed E-state index contributed by atoms with van der Waals surface area (Å²) < 4.78 is 0. The fraction of sp³-hybridized carbons (Fsp3) is 0.824. The van der Waals surface area contributed by atoms with Gasteiger partial charge in [-0.25, -0.2) is 0 Å². The molecular weight excluding hydrogens is 274 g/mol. The molecule has 0 atom stereocenters. The Morgan fingerprint density at radius 3 is 2.55 bits per heavy atom. The van der Waals surface area contributed by atoms with Gasteiger partial charge in [0.15, 0.2) is 0 Å². The zero-order valence-electron chi connectivity index (χ0n) is 14.0. The summed E-state index contributed by atoms with van der Waals surface area (Å²) in [5.41, 5.74) is 2.85. The molecule has 1 N–H and O–H groups in total. The van der Waals surface area contributed by atoms with Crippen molar-refractivity contribution >= 4 is 0 Å². The number of rotatable bonds is 5. The second-order valence-corrected chi connectivity index (χ2v) is 7.60. The molecule has 3 heterocycles. The van der Waals surface area contributed by atoms with Crippen LogP contribution in [0.3, 0.4) is 0 Å². The second-order valence-electron chi connectivity index (χ2n) is 7.60. The van der Waals surface area contributed by atoms with E-state index in [0.29, 0.717) is 6.04 Å². The van der Waals surface area contributed by atoms with Crippen LogP contribution in [0.1, 0.15) is 43.9 Å². The average molecular weight is 303 g/mol. The topological polar surface area (TPSA) is 38.4 Å². The van der Waals surface area contributed by atoms with Gasteiger partial charge in [0.1, 0.15) is 0 Å². The summed E-state index contributed by atoms with van der Waals surface area (Å²) >= 11 is 0. The first kappa shape index (κ1) is 14.7. The van der Waals surface area contributed by atoms with E-state index in [1.54, 1.807) is 0 Å². The SMILES string of the molecule is CC(C)N1CCN(C2CN(Cc3cn[nH]c3C3CC3)C2)CC1. The Hall–Kier alpha value is -0.910. The zero-order chi connectivity index (χ0) is 15.1. The number of aromatic amines is 1. The molecule has 122 valence electrons. The van der Waals surface area contributed by atoms with E-state index in [2.05, 4.69) is 38.7 Å². The summed E-state index contributed by atoms with van der Waals surface area (Å²) in [4.78, 5) is 7.88. The van der Waals surface area contributed by atoms with Gasteiger partial charge < -0.3 is 0 Å². The minimum atomic E-state index is 0.696. The molecule has 2 aliphatic heterocycles. The third-order valence-electron chi connectivity index (χ3n) is 5.66. The van der Waals surface area contributed by atoms with Gasteiger partial charge in [0.2, 0.25) is 0 Å². The fourth-order valence-electron chi connectivity index (χ4n) is 3.94. The normalized spacial score (nSPS) is 25.8. The summed E-state index contributed by atoms with van der Waals surface area (Å²) in [5, 5.41) is 7.48. The van der Waals surface area contributed by atoms with Gasteiger partial charge in [0.05, 0.1) is 6.20 Å². The van der Waals surface area contributed by atoms with Crippen molar-refractivity contribution in [2.24, 2.45) is 0 Å². The highest BCUT2D eigenvalue weighted by Gasteiger charge is 2.35. The molecule has 0 spiro atoms. The highest BCUT2D eigenvalue weighted by Crippen LogP contribution is 2.40. The van der Waals surface area contributed by atoms with E-state index in [9.17, 15) is 0 Å². The summed E-state index contributed by atoms with van der Waals surface area (Å²) in [6.07, 6.45) is 4.73. The van der Waals surface area contributed by atoms with E-state index in [-0.39, 0.29) is 0 Å². The Morgan fingerprint density at radius 1 is 1.18 bits per heavy atom. The molecule has 1 aromatic rings. The van der Waals surface area contributed by atoms with Crippen LogP contribution in [-0.4, -0.2) is 76.2 Å². The van der Waals surface area contributed by atoms with Crippen LogP contribution in [-0.2, 0) is 6.54 Å². The van der Waals surface area contributed by atoms with Gasteiger partial charge in [-0.15, -0.1) is 0 Å². The molecule has 0 aromatic carbocycles. The van der Waals surface area contributed by atoms with Crippen molar-refractivity contribution < 1.29 is 0 Å². The van der Waals surface area contributed by atoms with Gasteiger partial charge in [0, 0.05) is 75.1 Å². The zero-order valence-corrected chi connectivity index (χ0v) is 14.0. The first-order chi connectivity index (χ1) is 10.7. The first-order valence-electron chi connectivity index (χ1n) is 8.93. The monoisotopic (exact) mass is 303 g/mol. The molecule has 5 heteroatoms. The number of likely N-dealkylation sites (tertiary alicyclic amines) is 1. The maximum absolute atomic E-state index is 4.26. The molecule has 0 unspecified atom stereocenters. The van der Waals surface area contributed by atoms with Crippen LogP contribution in [0.4, 0.5) is 0 Å². The van der Waals surface area contributed by atoms with Crippen LogP contribution in [0, 0.1) is 0 Å². The molecule has 0 bridgehead atoms. The van der Waals surface area contributed by atoms with Crippen molar-refractivity contribution in [3.05, 3.63) is 17.5 Å². The number of nitrogens with zero attached hydrogens (tertiary/aromatic N) is 4. The number of nitrogens with one attached hydrogen (secondary N) is 1. The van der Waals surface area contributed by atoms with E-state index in [4.69, 9.17) is 0 Å². The Morgan fingerprint density at radius 2 is 1.91 bits per heavy atom. The van der Waals surface area contributed by atoms with Crippen molar-refractivity contribution in [2.45, 2.75) is 51.2 Å². The van der Waals surface area contributed by atoms with E-state index in [1.165, 1.54) is 63.4 Å². The van der Waals surface area contributed by atoms with Crippen LogP contribution in [0.2, 0.25) is 0 Å². The number of aromatic nitrogens is 2. The molecule has 3 aliphatic rings. The molecule has 3 fully saturated rings. The summed E-state index contributed by atoms with van der Waals surface area (Å²) in [7, 11) is 0. The van der Waals surface area contributed by atoms with Crippen LogP contribution in [0.15, 0.2) is 6.20 Å². The van der Waals surface area contributed by atoms with Gasteiger partial charge in [-0.2, -0.15) is 5.10 Å². The maximum Gasteiger partial charge on any atom is 0.0535 e. The van der Waals surface area contributed by atoms with E-state index in [0.717, 1.165) is 18.5 Å². The quantitative estimate of drug-likeness (QED) is 0.894. The third kappa shape index (κ3) is 2.94. The Balaban J connectivity index is 1.24. The van der Waals surface area contributed by atoms with Crippen LogP contribution < -0.4 is 0 Å². The molecule has 0 amide bonds. The summed E-state index contributed by atoms with van der Waals surface area (Å²) in [6.45, 7) is 13.1. The predicted octanol–water partition coefficient (Wildman–Crippen LogP) is 1.50. The van der Waals surface area contributed by atoms with Crippen molar-refractivity contribution in [3.8, 4) is 0 Å². The highest BCUT2D eigenvalue weighted by atomic mass is 15.4. The molecule has 5 nitrogen and oxygen atoms in total. The minimum absolute atomic E-state index is 0.696. The lowest BCUT2D eigenvalue weighted by molar-refractivity contribution is -0.00421. The van der Waals surface area contributed by atoms with Crippen LogP contribution in [0.25, 0.3) is 0 Å². The Kier molecular flexibility index (Phi) is 3.96. The van der Waals surface area contributed by atoms with Gasteiger partial charge in [-0.1, -0.05) is 0 Å². The molecule has 0 radical (unpaired) electrons. The summed E-state index contributed by atoms with van der Waals surface area (Å²) in [6, 6.07) is 1.48. The standard InChI is InChI=1S/C17H29N5/c1-13(2)21-5-7-22(8-6-21)16-11-20(12-16)10-15-9-18-19-17(15)14-3-4-14/h9,13-14,16H,3-8,10-12H2,1-2H3,(H,18,19). The number of piperazine rings is 1. The van der Waals surface area contributed by atoms with Crippen molar-refractivity contribution in [1.82, 2.24) is 24.9 Å². The average Bonchev–Trinajstić information content (AvgIpc) is 3.22. The summed E-state index contributed by atoms with van der Waals surface area (Å²) in [5.74, 6) is 0.777. The third-order valence-corrected chi connectivity index (χ3v) is 5.66. The van der Waals surface area contributed by atoms with Gasteiger partial charge in [-0.05, 0) is 26.7 Å². The molecule has 22 heavy (non-hydrogen) atoms. The molecular formula is C17H29N5. The number of H-pyrrole nitrogens is 1. The largest absolute Gasteiger partial charge is 0.298 e. The molecule has 4 rings (SSSR count). The van der Waals surface area contributed by atoms with Crippen molar-refractivity contribution in [1.29, 1.82) is 0 Å². The highest BCUT2D eigenvalue weighted by molar-refractivity contribution is 5.24. The minimum Gasteiger partial charge on any atom is -0.298 e. The Bertz CT molecular complexity index is 493. The van der Waals surface area contributed by atoms with Crippen molar-refractivity contribution in [2.75, 3.05) is 39.3 Å². The fourth-order valence-corrected chi connectivity index (χ4v) is 3.94. The Labute approximate surface area is 133 Å². The molecule has 1 aromatic heterocycles. The van der Waals surface area contributed by atoms with Crippen molar-refractivity contribution in [3.63, 3.8) is 0 Å². The van der Waals surface area contributed by atoms with E-state index < -0.39 is 0 Å². The number of hydrogen-bond acceptors (Lipinski definition) is 4. The van der Waals surface area contributed by atoms with E-state index in [1.807, 2.05) is 6.20 Å². The van der Waals surface area contributed by atoms with E-state index >= 15 is 0 Å². The lowest BCUT2D eigenvalue weighted by atomic mass is 10.0. The van der Waals surface area contributed by atoms with Crippen LogP contribution >= 0.6 is 0 Å². The smallest absolute Gasteiger partial charge is 0.0535 e. The molecule has 1 aliphatic carbocycles. The number of hydrogen-bond donors (Lipinski definition) is 1. The van der Waals surface area contributed by atoms with Gasteiger partial charge in [-0.3, -0.25) is 19.8 Å². The predicted molar refractivity (Wildman–Crippen MR) is 87.9 cm³/mol. The molecule has 2 saturated heterocycles. The maximum atomic E-state index is 4.26. The van der Waals surface area contributed by atoms with Crippen LogP contribution in [0.5, 0.6) is 0 Å². The lowest BCUT2D eigenvalue weighted by Crippen LogP contribution is -2.63. The lowest BCUT2D eigenvalue weighted by Gasteiger charge is -2.48.